The zero-order valence-corrected chi connectivity index (χ0v) is 24.1. The number of carbonyl (C=O) groups is 1. The molecule has 232 valence electrons. The summed E-state index contributed by atoms with van der Waals surface area (Å²) < 4.78 is 58.5. The van der Waals surface area contributed by atoms with Crippen molar-refractivity contribution in [3.63, 3.8) is 0 Å². The van der Waals surface area contributed by atoms with Crippen LogP contribution in [0.15, 0.2) is 18.3 Å². The molecule has 3 N–H and O–H groups in total. The van der Waals surface area contributed by atoms with Crippen LogP contribution in [0.1, 0.15) is 48.5 Å². The molecular formula is C29H36F3N7O4. The first-order valence-corrected chi connectivity index (χ1v) is 14.8. The maximum absolute atomic E-state index is 13.7. The predicted octanol–water partition coefficient (Wildman–Crippen LogP) is 4.64. The highest BCUT2D eigenvalue weighted by molar-refractivity contribution is 5.99. The van der Waals surface area contributed by atoms with Crippen molar-refractivity contribution in [3.8, 4) is 11.5 Å². The number of unbranched alkanes of at least 4 members (excludes halogenated alkanes) is 1. The highest BCUT2D eigenvalue weighted by Crippen LogP contribution is 2.43. The summed E-state index contributed by atoms with van der Waals surface area (Å²) >= 11 is 0. The monoisotopic (exact) mass is 603 g/mol. The zero-order chi connectivity index (χ0) is 30.0. The summed E-state index contributed by atoms with van der Waals surface area (Å²) in [5.74, 6) is 0.695. The lowest BCUT2D eigenvalue weighted by Crippen LogP contribution is -2.50. The van der Waals surface area contributed by atoms with Crippen LogP contribution in [0.4, 0.5) is 30.6 Å². The molecule has 1 aromatic carbocycles. The lowest BCUT2D eigenvalue weighted by molar-refractivity contribution is -0.136. The smallest absolute Gasteiger partial charge is 0.418 e. The fourth-order valence-corrected chi connectivity index (χ4v) is 5.90. The van der Waals surface area contributed by atoms with Crippen LogP contribution < -0.4 is 20.1 Å². The quantitative estimate of drug-likeness (QED) is 0.317. The second-order valence-electron chi connectivity index (χ2n) is 10.9. The Labute approximate surface area is 247 Å². The Morgan fingerprint density at radius 3 is 2.51 bits per heavy atom. The van der Waals surface area contributed by atoms with E-state index in [1.54, 1.807) is 12.1 Å². The number of nitrogens with one attached hydrogen (secondary N) is 3. The van der Waals surface area contributed by atoms with E-state index in [-0.39, 0.29) is 41.9 Å². The highest BCUT2D eigenvalue weighted by atomic mass is 19.4. The molecular weight excluding hydrogens is 567 g/mol. The minimum absolute atomic E-state index is 0.0436. The van der Waals surface area contributed by atoms with Gasteiger partial charge in [0.1, 0.15) is 24.7 Å². The van der Waals surface area contributed by atoms with E-state index in [0.29, 0.717) is 48.4 Å². The number of carbonyl (C=O) groups excluding carboxylic acids is 1. The van der Waals surface area contributed by atoms with E-state index in [1.807, 2.05) is 11.8 Å². The topological polar surface area (TPSA) is 117 Å². The summed E-state index contributed by atoms with van der Waals surface area (Å²) in [6, 6.07) is 3.81. The van der Waals surface area contributed by atoms with Crippen LogP contribution in [0.2, 0.25) is 0 Å². The molecule has 0 bridgehead atoms. The van der Waals surface area contributed by atoms with Crippen LogP contribution in [0.5, 0.6) is 11.5 Å². The van der Waals surface area contributed by atoms with Crippen molar-refractivity contribution in [2.45, 2.75) is 44.8 Å². The van der Waals surface area contributed by atoms with Crippen molar-refractivity contribution in [1.29, 1.82) is 0 Å². The van der Waals surface area contributed by atoms with Gasteiger partial charge < -0.3 is 34.7 Å². The van der Waals surface area contributed by atoms with Crippen molar-refractivity contribution in [2.75, 3.05) is 69.8 Å². The molecule has 11 nitrogen and oxygen atoms in total. The van der Waals surface area contributed by atoms with E-state index in [2.05, 4.69) is 30.5 Å². The zero-order valence-electron chi connectivity index (χ0n) is 24.1. The van der Waals surface area contributed by atoms with E-state index in [9.17, 15) is 18.0 Å². The Morgan fingerprint density at radius 1 is 1.05 bits per heavy atom. The van der Waals surface area contributed by atoms with Gasteiger partial charge in [-0.3, -0.25) is 9.69 Å². The number of benzene rings is 1. The highest BCUT2D eigenvalue weighted by Gasteiger charge is 2.36. The minimum Gasteiger partial charge on any atom is -0.485 e. The van der Waals surface area contributed by atoms with Crippen molar-refractivity contribution < 1.29 is 32.2 Å². The first kappa shape index (κ1) is 29.3. The molecule has 2 saturated heterocycles. The van der Waals surface area contributed by atoms with E-state index in [0.717, 1.165) is 58.2 Å². The number of aromatic amines is 1. The summed E-state index contributed by atoms with van der Waals surface area (Å²) in [5, 5.41) is 6.00. The summed E-state index contributed by atoms with van der Waals surface area (Å²) in [4.78, 5) is 29.3. The Bertz CT molecular complexity index is 1450. The van der Waals surface area contributed by atoms with E-state index >= 15 is 0 Å². The van der Waals surface area contributed by atoms with Crippen molar-refractivity contribution >= 4 is 34.4 Å². The van der Waals surface area contributed by atoms with Gasteiger partial charge in [0.2, 0.25) is 5.95 Å². The molecule has 3 aromatic rings. The van der Waals surface area contributed by atoms with Gasteiger partial charge >= 0.3 is 6.18 Å². The number of aromatic nitrogens is 3. The molecule has 6 rings (SSSR count). The molecule has 3 aliphatic heterocycles. The minimum atomic E-state index is -4.57. The van der Waals surface area contributed by atoms with Gasteiger partial charge in [-0.1, -0.05) is 13.3 Å². The van der Waals surface area contributed by atoms with E-state index < -0.39 is 11.7 Å². The van der Waals surface area contributed by atoms with Crippen LogP contribution >= 0.6 is 0 Å². The van der Waals surface area contributed by atoms with Gasteiger partial charge in [-0.05, 0) is 31.4 Å². The normalized spacial score (nSPS) is 18.2. The van der Waals surface area contributed by atoms with E-state index in [1.165, 1.54) is 0 Å². The average molecular weight is 604 g/mol. The van der Waals surface area contributed by atoms with Gasteiger partial charge in [-0.15, -0.1) is 0 Å². The van der Waals surface area contributed by atoms with Crippen molar-refractivity contribution in [1.82, 2.24) is 24.8 Å². The van der Waals surface area contributed by atoms with Crippen LogP contribution in [0.25, 0.3) is 11.0 Å². The number of H-pyrrole nitrogens is 1. The molecule has 0 atom stereocenters. The number of ether oxygens (including phenoxy) is 3. The molecule has 14 heteroatoms. The fraction of sp³-hybridized carbons (Fsp3) is 0.552. The SMILES string of the molecule is CCCCNc1nc(Nc2ccc(C(=O)N3CCC(N4CCOCC4)CC3)c3c2OCCO3)nc2[nH]cc(C(F)(F)F)c12. The van der Waals surface area contributed by atoms with Crippen LogP contribution in [0, 0.1) is 0 Å². The molecule has 0 radical (unpaired) electrons. The summed E-state index contributed by atoms with van der Waals surface area (Å²) in [6.07, 6.45) is -0.243. The van der Waals surface area contributed by atoms with E-state index in [4.69, 9.17) is 14.2 Å². The molecule has 0 unspecified atom stereocenters. The third-order valence-corrected chi connectivity index (χ3v) is 8.14. The van der Waals surface area contributed by atoms with Crippen LogP contribution in [0.3, 0.4) is 0 Å². The molecule has 2 aromatic heterocycles. The third kappa shape index (κ3) is 6.16. The number of likely N-dealkylation sites (tertiary alicyclic amines) is 1. The second kappa shape index (κ2) is 12.4. The lowest BCUT2D eigenvalue weighted by atomic mass is 10.0. The Morgan fingerprint density at radius 2 is 1.79 bits per heavy atom. The molecule has 0 aliphatic carbocycles. The first-order chi connectivity index (χ1) is 20.8. The van der Waals surface area contributed by atoms with Gasteiger partial charge in [0.15, 0.2) is 11.5 Å². The third-order valence-electron chi connectivity index (χ3n) is 8.14. The Balaban J connectivity index is 1.24. The number of morpholine rings is 1. The van der Waals surface area contributed by atoms with Gasteiger partial charge in [0.25, 0.3) is 5.91 Å². The number of fused-ring (bicyclic) bond motifs is 2. The van der Waals surface area contributed by atoms with Crippen molar-refractivity contribution in [3.05, 3.63) is 29.5 Å². The summed E-state index contributed by atoms with van der Waals surface area (Å²) in [7, 11) is 0. The standard InChI is InChI=1S/C29H36F3N7O4/c1-2-3-8-33-25-22-20(29(30,31)32)17-34-26(22)37-28(36-25)35-21-5-4-19(23-24(21)43-16-15-42-23)27(40)39-9-6-18(7-10-39)38-11-13-41-14-12-38/h4-5,17-18H,2-3,6-16H2,1H3,(H3,33,34,35,36,37). The molecule has 2 fully saturated rings. The van der Waals surface area contributed by atoms with Crippen LogP contribution in [-0.4, -0.2) is 95.9 Å². The molecule has 5 heterocycles. The first-order valence-electron chi connectivity index (χ1n) is 14.8. The van der Waals surface area contributed by atoms with Crippen molar-refractivity contribution in [2.24, 2.45) is 0 Å². The number of anilines is 3. The molecule has 0 spiro atoms. The van der Waals surface area contributed by atoms with Gasteiger partial charge in [-0.2, -0.15) is 23.1 Å². The maximum atomic E-state index is 13.7. The second-order valence-corrected chi connectivity index (χ2v) is 10.9. The van der Waals surface area contributed by atoms with Gasteiger partial charge in [0.05, 0.1) is 35.4 Å². The summed E-state index contributed by atoms with van der Waals surface area (Å²) in [5.41, 5.74) is 0.0578. The number of rotatable bonds is 8. The number of halogens is 3. The molecule has 3 aliphatic rings. The molecule has 43 heavy (non-hydrogen) atoms. The molecule has 0 saturated carbocycles. The number of piperidine rings is 1. The summed E-state index contributed by atoms with van der Waals surface area (Å²) in [6.45, 7) is 7.65. The Hall–Kier alpha value is -3.78. The largest absolute Gasteiger partial charge is 0.485 e. The number of alkyl halides is 3. The predicted molar refractivity (Wildman–Crippen MR) is 154 cm³/mol. The van der Waals surface area contributed by atoms with Gasteiger partial charge in [0, 0.05) is 45.0 Å². The lowest BCUT2D eigenvalue weighted by Gasteiger charge is -2.40. The fourth-order valence-electron chi connectivity index (χ4n) is 5.90. The number of hydrogen-bond acceptors (Lipinski definition) is 9. The maximum Gasteiger partial charge on any atom is 0.418 e. The number of amides is 1. The van der Waals surface area contributed by atoms with Crippen LogP contribution in [-0.2, 0) is 10.9 Å². The average Bonchev–Trinajstić information content (AvgIpc) is 3.47. The number of hydrogen-bond donors (Lipinski definition) is 3. The molecule has 1 amide bonds. The van der Waals surface area contributed by atoms with Gasteiger partial charge in [-0.25, -0.2) is 0 Å². The Kier molecular flexibility index (Phi) is 8.48. The number of nitrogens with zero attached hydrogens (tertiary/aromatic N) is 4.